The molecular formula is C31H30ClFN6O2. The number of carbonyl (C=O) groups excluding carboxylic acids is 1. The van der Waals surface area contributed by atoms with Gasteiger partial charge in [-0.1, -0.05) is 36.4 Å². The Labute approximate surface area is 242 Å². The summed E-state index contributed by atoms with van der Waals surface area (Å²) in [5, 5.41) is 2.69. The van der Waals surface area contributed by atoms with Gasteiger partial charge in [0.25, 0.3) is 0 Å². The summed E-state index contributed by atoms with van der Waals surface area (Å²) in [5.74, 6) is 0.0843. The number of aromatic nitrogens is 3. The van der Waals surface area contributed by atoms with Crippen LogP contribution < -0.4 is 9.64 Å². The zero-order chi connectivity index (χ0) is 28.2. The SMILES string of the molecule is C=CC(=O)N1CC[C@@H]2[C@H]1CN2c1nc(OCC2CCCN2C)nc2c(F)c(-c3cncc4cccc(Cl)c34)ccc12. The van der Waals surface area contributed by atoms with Gasteiger partial charge in [-0.25, -0.2) is 4.39 Å². The highest BCUT2D eigenvalue weighted by Gasteiger charge is 2.49. The summed E-state index contributed by atoms with van der Waals surface area (Å²) >= 11 is 6.57. The molecule has 3 saturated heterocycles. The first kappa shape index (κ1) is 26.1. The molecule has 0 spiro atoms. The molecule has 0 radical (unpaired) electrons. The predicted molar refractivity (Wildman–Crippen MR) is 158 cm³/mol. The molecule has 0 bridgehead atoms. The van der Waals surface area contributed by atoms with E-state index >= 15 is 4.39 Å². The van der Waals surface area contributed by atoms with Crippen molar-refractivity contribution in [1.29, 1.82) is 0 Å². The highest BCUT2D eigenvalue weighted by Crippen LogP contribution is 2.42. The molecule has 3 fully saturated rings. The van der Waals surface area contributed by atoms with Crippen LogP contribution in [0.15, 0.2) is 55.4 Å². The fourth-order valence-electron chi connectivity index (χ4n) is 6.63. The number of likely N-dealkylation sites (N-methyl/N-ethyl adjacent to an activating group) is 1. The smallest absolute Gasteiger partial charge is 0.319 e. The van der Waals surface area contributed by atoms with Gasteiger partial charge in [-0.2, -0.15) is 9.97 Å². The Hall–Kier alpha value is -3.82. The number of nitrogens with zero attached hydrogens (tertiary/aromatic N) is 6. The topological polar surface area (TPSA) is 74.7 Å². The van der Waals surface area contributed by atoms with Gasteiger partial charge >= 0.3 is 6.01 Å². The number of hydrogen-bond acceptors (Lipinski definition) is 7. The van der Waals surface area contributed by atoms with Crippen LogP contribution in [0.5, 0.6) is 6.01 Å². The zero-order valence-corrected chi connectivity index (χ0v) is 23.5. The van der Waals surface area contributed by atoms with E-state index in [2.05, 4.69) is 33.4 Å². The summed E-state index contributed by atoms with van der Waals surface area (Å²) in [4.78, 5) is 32.4. The van der Waals surface area contributed by atoms with E-state index in [4.69, 9.17) is 21.3 Å². The normalized spacial score (nSPS) is 22.3. The Morgan fingerprint density at radius 1 is 1.15 bits per heavy atom. The third-order valence-corrected chi connectivity index (χ3v) is 9.20. The molecule has 0 aliphatic carbocycles. The van der Waals surface area contributed by atoms with Crippen molar-refractivity contribution in [2.45, 2.75) is 37.4 Å². The van der Waals surface area contributed by atoms with Gasteiger partial charge in [0.1, 0.15) is 17.9 Å². The van der Waals surface area contributed by atoms with Gasteiger partial charge in [0.2, 0.25) is 5.91 Å². The van der Waals surface area contributed by atoms with Crippen LogP contribution in [0.2, 0.25) is 5.02 Å². The highest BCUT2D eigenvalue weighted by molar-refractivity contribution is 6.36. The molecule has 8 nitrogen and oxygen atoms in total. The second kappa shape index (κ2) is 10.2. The molecule has 0 saturated carbocycles. The van der Waals surface area contributed by atoms with Crippen molar-refractivity contribution in [3.63, 3.8) is 0 Å². The summed E-state index contributed by atoms with van der Waals surface area (Å²) in [6, 6.07) is 9.75. The summed E-state index contributed by atoms with van der Waals surface area (Å²) in [6.45, 7) is 6.36. The number of fused-ring (bicyclic) bond motifs is 3. The summed E-state index contributed by atoms with van der Waals surface area (Å²) in [5.41, 5.74) is 1.15. The highest BCUT2D eigenvalue weighted by atomic mass is 35.5. The number of halogens is 2. The minimum atomic E-state index is -0.477. The lowest BCUT2D eigenvalue weighted by atomic mass is 9.95. The second-order valence-corrected chi connectivity index (χ2v) is 11.5. The average Bonchev–Trinajstić information content (AvgIpc) is 3.53. The van der Waals surface area contributed by atoms with E-state index < -0.39 is 5.82 Å². The standard InChI is InChI=1S/C31H30ClFN6O2/c1-3-26(40)38-13-11-24-25(38)16-39(24)30-21-10-9-20(22-15-34-14-18-6-4-8-23(32)27(18)22)28(33)29(21)35-31(36-30)41-17-19-7-5-12-37(19)2/h3-4,6,8-10,14-15,19,24-25H,1,5,7,11-13,16-17H2,2H3/t19?,24-,25-/m1/s1. The number of likely N-dealkylation sites (tertiary alicyclic amines) is 2. The van der Waals surface area contributed by atoms with Gasteiger partial charge in [-0.15, -0.1) is 0 Å². The maximum Gasteiger partial charge on any atom is 0.319 e. The first-order valence-corrected chi connectivity index (χ1v) is 14.4. The van der Waals surface area contributed by atoms with Gasteiger partial charge in [0.15, 0.2) is 5.82 Å². The molecule has 210 valence electrons. The Morgan fingerprint density at radius 3 is 2.83 bits per heavy atom. The van der Waals surface area contributed by atoms with E-state index in [0.717, 1.165) is 36.6 Å². The Kier molecular flexibility index (Phi) is 6.51. The second-order valence-electron chi connectivity index (χ2n) is 11.1. The van der Waals surface area contributed by atoms with Crippen LogP contribution in [0.3, 0.4) is 0 Å². The number of hydrogen-bond donors (Lipinski definition) is 0. The Bertz CT molecular complexity index is 1690. The van der Waals surface area contributed by atoms with E-state index in [0.29, 0.717) is 47.1 Å². The first-order valence-electron chi connectivity index (χ1n) is 14.0. The predicted octanol–water partition coefficient (Wildman–Crippen LogP) is 5.09. The van der Waals surface area contributed by atoms with Gasteiger partial charge in [0, 0.05) is 63.8 Å². The third-order valence-electron chi connectivity index (χ3n) is 8.89. The van der Waals surface area contributed by atoms with Crippen molar-refractivity contribution in [2.75, 3.05) is 38.2 Å². The molecule has 5 heterocycles. The van der Waals surface area contributed by atoms with Gasteiger partial charge < -0.3 is 19.4 Å². The van der Waals surface area contributed by atoms with E-state index in [1.165, 1.54) is 6.08 Å². The molecule has 2 aromatic carbocycles. The van der Waals surface area contributed by atoms with Crippen LogP contribution in [-0.4, -0.2) is 82.1 Å². The first-order chi connectivity index (χ1) is 19.9. The molecule has 2 aromatic heterocycles. The number of carbonyl (C=O) groups is 1. The van der Waals surface area contributed by atoms with Gasteiger partial charge in [-0.05, 0) is 51.1 Å². The Balaban J connectivity index is 1.32. The van der Waals surface area contributed by atoms with Crippen LogP contribution >= 0.6 is 11.6 Å². The van der Waals surface area contributed by atoms with E-state index in [9.17, 15) is 4.79 Å². The molecule has 3 aliphatic rings. The number of amides is 1. The van der Waals surface area contributed by atoms with Gasteiger partial charge in [0.05, 0.1) is 12.1 Å². The van der Waals surface area contributed by atoms with Crippen molar-refractivity contribution in [3.8, 4) is 17.1 Å². The van der Waals surface area contributed by atoms with Crippen LogP contribution in [-0.2, 0) is 4.79 Å². The molecule has 1 amide bonds. The van der Waals surface area contributed by atoms with Crippen LogP contribution in [0.25, 0.3) is 32.8 Å². The lowest BCUT2D eigenvalue weighted by molar-refractivity contribution is -0.127. The quantitative estimate of drug-likeness (QED) is 0.298. The molecule has 3 atom stereocenters. The number of pyridine rings is 1. The van der Waals surface area contributed by atoms with Crippen LogP contribution in [0.1, 0.15) is 19.3 Å². The summed E-state index contributed by atoms with van der Waals surface area (Å²) < 4.78 is 22.7. The Morgan fingerprint density at radius 2 is 2.02 bits per heavy atom. The van der Waals surface area contributed by atoms with Crippen molar-refractivity contribution in [1.82, 2.24) is 24.8 Å². The van der Waals surface area contributed by atoms with Crippen molar-refractivity contribution in [2.24, 2.45) is 0 Å². The molecule has 4 aromatic rings. The van der Waals surface area contributed by atoms with Crippen molar-refractivity contribution in [3.05, 3.63) is 66.2 Å². The van der Waals surface area contributed by atoms with Gasteiger partial charge in [-0.3, -0.25) is 9.78 Å². The molecule has 41 heavy (non-hydrogen) atoms. The van der Waals surface area contributed by atoms with Crippen LogP contribution in [0.4, 0.5) is 10.2 Å². The maximum atomic E-state index is 16.5. The molecule has 7 rings (SSSR count). The average molecular weight is 573 g/mol. The number of ether oxygens (including phenoxy) is 1. The minimum Gasteiger partial charge on any atom is -0.462 e. The number of rotatable bonds is 6. The number of benzene rings is 2. The van der Waals surface area contributed by atoms with Crippen LogP contribution in [0, 0.1) is 5.82 Å². The minimum absolute atomic E-state index is 0.0626. The fourth-order valence-corrected chi connectivity index (χ4v) is 6.91. The molecule has 0 N–H and O–H groups in total. The third kappa shape index (κ3) is 4.30. The summed E-state index contributed by atoms with van der Waals surface area (Å²) in [7, 11) is 2.08. The lowest BCUT2D eigenvalue weighted by Gasteiger charge is -2.47. The molecule has 10 heteroatoms. The molecule has 1 unspecified atom stereocenters. The summed E-state index contributed by atoms with van der Waals surface area (Å²) in [6.07, 6.45) is 7.68. The maximum absolute atomic E-state index is 16.5. The van der Waals surface area contributed by atoms with Crippen molar-refractivity contribution >= 4 is 45.0 Å². The fraction of sp³-hybridized carbons (Fsp3) is 0.355. The van der Waals surface area contributed by atoms with E-state index in [1.807, 2.05) is 23.1 Å². The molecule has 3 aliphatic heterocycles. The monoisotopic (exact) mass is 572 g/mol. The van der Waals surface area contributed by atoms with E-state index in [-0.39, 0.29) is 35.6 Å². The van der Waals surface area contributed by atoms with Crippen molar-refractivity contribution < 1.29 is 13.9 Å². The molecular weight excluding hydrogens is 543 g/mol. The van der Waals surface area contributed by atoms with E-state index in [1.54, 1.807) is 24.5 Å². The lowest BCUT2D eigenvalue weighted by Crippen LogP contribution is -2.63. The largest absolute Gasteiger partial charge is 0.462 e. The zero-order valence-electron chi connectivity index (χ0n) is 22.8. The number of anilines is 1.